The number of anilines is 1. The second-order valence-corrected chi connectivity index (χ2v) is 12.3. The highest BCUT2D eigenvalue weighted by atomic mass is 15.2. The summed E-state index contributed by atoms with van der Waals surface area (Å²) in [6.07, 6.45) is 13.9. The Morgan fingerprint density at radius 3 is 2.15 bits per heavy atom. The molecule has 0 saturated carbocycles. The molecule has 0 spiro atoms. The summed E-state index contributed by atoms with van der Waals surface area (Å²) in [7, 11) is 4.44. The second-order valence-electron chi connectivity index (χ2n) is 12.3. The van der Waals surface area contributed by atoms with Gasteiger partial charge in [0.2, 0.25) is 5.69 Å². The van der Waals surface area contributed by atoms with Gasteiger partial charge in [0.25, 0.3) is 0 Å². The van der Waals surface area contributed by atoms with Crippen molar-refractivity contribution in [2.24, 2.45) is 0 Å². The maximum Gasteiger partial charge on any atom is 0.209 e. The van der Waals surface area contributed by atoms with Crippen LogP contribution in [0.1, 0.15) is 70.1 Å². The van der Waals surface area contributed by atoms with Crippen molar-refractivity contribution in [3.8, 4) is 0 Å². The summed E-state index contributed by atoms with van der Waals surface area (Å²) in [5, 5.41) is 0. The number of hydrogen-bond donors (Lipinski definition) is 0. The maximum absolute atomic E-state index is 2.41. The minimum absolute atomic E-state index is 0.0175. The molecule has 0 saturated heterocycles. The summed E-state index contributed by atoms with van der Waals surface area (Å²) >= 11 is 0. The van der Waals surface area contributed by atoms with E-state index in [1.54, 1.807) is 0 Å². The minimum Gasteiger partial charge on any atom is -0.347 e. The largest absolute Gasteiger partial charge is 0.347 e. The van der Waals surface area contributed by atoms with E-state index in [9.17, 15) is 0 Å². The molecule has 0 amide bonds. The first kappa shape index (κ1) is 27.3. The number of rotatable bonds is 6. The number of fused-ring (bicyclic) bond motifs is 2. The molecule has 3 aromatic carbocycles. The van der Waals surface area contributed by atoms with E-state index in [1.165, 1.54) is 56.2 Å². The SMILES string of the molecule is CCC1(C)C(/C=C/C2=C(c3ccccc3)C(=C/C=C3/N(C)c4ccccc4C3(C)CC)/CC2)=[N+](C)c2ccccc21. The van der Waals surface area contributed by atoms with Crippen molar-refractivity contribution >= 4 is 22.7 Å². The van der Waals surface area contributed by atoms with Gasteiger partial charge in [0.05, 0.1) is 5.41 Å². The molecule has 2 atom stereocenters. The predicted molar refractivity (Wildman–Crippen MR) is 175 cm³/mol. The van der Waals surface area contributed by atoms with Crippen LogP contribution in [-0.4, -0.2) is 24.4 Å². The van der Waals surface area contributed by atoms with Crippen LogP contribution >= 0.6 is 0 Å². The van der Waals surface area contributed by atoms with Gasteiger partial charge >= 0.3 is 0 Å². The van der Waals surface area contributed by atoms with E-state index >= 15 is 0 Å². The Kier molecular flexibility index (Phi) is 6.98. The number of benzene rings is 3. The maximum atomic E-state index is 2.41. The summed E-state index contributed by atoms with van der Waals surface area (Å²) in [6, 6.07) is 28.8. The van der Waals surface area contributed by atoms with E-state index in [1.807, 2.05) is 0 Å². The summed E-state index contributed by atoms with van der Waals surface area (Å²) in [5.41, 5.74) is 13.9. The zero-order valence-corrected chi connectivity index (χ0v) is 25.5. The van der Waals surface area contributed by atoms with E-state index in [-0.39, 0.29) is 10.8 Å². The van der Waals surface area contributed by atoms with Gasteiger partial charge in [-0.25, -0.2) is 0 Å². The van der Waals surface area contributed by atoms with Crippen molar-refractivity contribution in [1.29, 1.82) is 0 Å². The number of likely N-dealkylation sites (N-methyl/N-ethyl adjacent to an activating group) is 1. The molecule has 0 N–H and O–H groups in total. The van der Waals surface area contributed by atoms with Gasteiger partial charge in [0.1, 0.15) is 7.05 Å². The lowest BCUT2D eigenvalue weighted by Crippen LogP contribution is -2.29. The Hall–Kier alpha value is -3.91. The smallest absolute Gasteiger partial charge is 0.209 e. The molecular formula is C39H43N2+. The number of nitrogens with zero attached hydrogens (tertiary/aromatic N) is 2. The van der Waals surface area contributed by atoms with E-state index in [4.69, 9.17) is 0 Å². The molecule has 41 heavy (non-hydrogen) atoms. The number of allylic oxidation sites excluding steroid dienone is 8. The fourth-order valence-electron chi connectivity index (χ4n) is 7.47. The zero-order valence-electron chi connectivity index (χ0n) is 25.5. The molecule has 3 aliphatic rings. The topological polar surface area (TPSA) is 6.25 Å². The Morgan fingerprint density at radius 2 is 1.41 bits per heavy atom. The highest BCUT2D eigenvalue weighted by molar-refractivity contribution is 6.04. The van der Waals surface area contributed by atoms with E-state index in [0.29, 0.717) is 0 Å². The fraction of sp³-hybridized carbons (Fsp3) is 0.308. The van der Waals surface area contributed by atoms with Crippen LogP contribution in [0, 0.1) is 0 Å². The molecule has 6 rings (SSSR count). The molecule has 0 radical (unpaired) electrons. The van der Waals surface area contributed by atoms with Crippen LogP contribution in [0.15, 0.2) is 120 Å². The lowest BCUT2D eigenvalue weighted by Gasteiger charge is -2.27. The third-order valence-electron chi connectivity index (χ3n) is 10.2. The number of hydrogen-bond acceptors (Lipinski definition) is 1. The standard InChI is InChI=1S/C39H43N2/c1-7-38(3)31-18-12-14-20-33(31)40(5)35(38)26-24-29-22-23-30(37(29)28-16-10-9-11-17-28)25-27-36-39(4,8-2)32-19-13-15-21-34(32)41(36)6/h9-21,24-27H,7-8,22-23H2,1-6H3/q+1. The third-order valence-corrected chi connectivity index (χ3v) is 10.2. The quantitative estimate of drug-likeness (QED) is 0.283. The van der Waals surface area contributed by atoms with Gasteiger partial charge in [-0.2, -0.15) is 4.58 Å². The lowest BCUT2D eigenvalue weighted by molar-refractivity contribution is -0.401. The summed E-state index contributed by atoms with van der Waals surface area (Å²) < 4.78 is 2.40. The summed E-state index contributed by atoms with van der Waals surface area (Å²) in [6.45, 7) is 9.42. The Morgan fingerprint density at radius 1 is 0.756 bits per heavy atom. The minimum atomic E-state index is 0.0175. The van der Waals surface area contributed by atoms with Crippen LogP contribution in [0.4, 0.5) is 11.4 Å². The Labute approximate surface area is 246 Å². The number of para-hydroxylation sites is 2. The van der Waals surface area contributed by atoms with Crippen molar-refractivity contribution in [2.75, 3.05) is 19.0 Å². The average molecular weight is 540 g/mol. The molecule has 2 unspecified atom stereocenters. The normalized spacial score (nSPS) is 25.8. The van der Waals surface area contributed by atoms with Gasteiger partial charge in [0.15, 0.2) is 5.71 Å². The van der Waals surface area contributed by atoms with Crippen molar-refractivity contribution < 1.29 is 4.58 Å². The zero-order chi connectivity index (χ0) is 28.8. The summed E-state index contributed by atoms with van der Waals surface area (Å²) in [5.74, 6) is 0. The molecular weight excluding hydrogens is 496 g/mol. The first-order valence-electron chi connectivity index (χ1n) is 15.3. The molecule has 3 aromatic rings. The molecule has 2 aliphatic heterocycles. The molecule has 2 heterocycles. The van der Waals surface area contributed by atoms with Crippen molar-refractivity contribution in [2.45, 2.75) is 64.2 Å². The molecule has 0 fully saturated rings. The van der Waals surface area contributed by atoms with Gasteiger partial charge < -0.3 is 4.90 Å². The van der Waals surface area contributed by atoms with Crippen LogP contribution in [0.5, 0.6) is 0 Å². The van der Waals surface area contributed by atoms with Gasteiger partial charge in [-0.05, 0) is 79.5 Å². The van der Waals surface area contributed by atoms with Gasteiger partial charge in [-0.15, -0.1) is 0 Å². The summed E-state index contributed by atoms with van der Waals surface area (Å²) in [4.78, 5) is 2.40. The molecule has 2 nitrogen and oxygen atoms in total. The second kappa shape index (κ2) is 10.5. The first-order valence-corrected chi connectivity index (χ1v) is 15.3. The monoisotopic (exact) mass is 539 g/mol. The van der Waals surface area contributed by atoms with Crippen molar-refractivity contribution in [3.05, 3.63) is 137 Å². The van der Waals surface area contributed by atoms with E-state index < -0.39 is 0 Å². The average Bonchev–Trinajstić information content (AvgIpc) is 3.59. The van der Waals surface area contributed by atoms with E-state index in [2.05, 4.69) is 154 Å². The van der Waals surface area contributed by atoms with Crippen LogP contribution in [0.3, 0.4) is 0 Å². The highest BCUT2D eigenvalue weighted by Crippen LogP contribution is 2.49. The lowest BCUT2D eigenvalue weighted by atomic mass is 9.77. The van der Waals surface area contributed by atoms with Crippen molar-refractivity contribution in [3.63, 3.8) is 0 Å². The predicted octanol–water partition coefficient (Wildman–Crippen LogP) is 9.51. The first-order chi connectivity index (χ1) is 19.8. The van der Waals surface area contributed by atoms with Gasteiger partial charge in [0, 0.05) is 41.6 Å². The molecule has 0 bridgehead atoms. The van der Waals surface area contributed by atoms with Crippen LogP contribution in [0.2, 0.25) is 0 Å². The van der Waals surface area contributed by atoms with E-state index in [0.717, 1.165) is 25.7 Å². The highest BCUT2D eigenvalue weighted by Gasteiger charge is 2.45. The molecule has 208 valence electrons. The van der Waals surface area contributed by atoms with Crippen LogP contribution in [0.25, 0.3) is 5.57 Å². The Bertz CT molecular complexity index is 1650. The van der Waals surface area contributed by atoms with Crippen LogP contribution in [-0.2, 0) is 10.8 Å². The third kappa shape index (κ3) is 4.27. The van der Waals surface area contributed by atoms with Gasteiger partial charge in [-0.1, -0.05) is 92.7 Å². The Balaban J connectivity index is 1.42. The molecule has 2 heteroatoms. The molecule has 0 aromatic heterocycles. The van der Waals surface area contributed by atoms with Gasteiger partial charge in [-0.3, -0.25) is 0 Å². The van der Waals surface area contributed by atoms with Crippen molar-refractivity contribution in [1.82, 2.24) is 0 Å². The van der Waals surface area contributed by atoms with Crippen LogP contribution < -0.4 is 4.90 Å². The fourth-order valence-corrected chi connectivity index (χ4v) is 7.47. The molecule has 1 aliphatic carbocycles.